The zero-order valence-corrected chi connectivity index (χ0v) is 13.3. The molecule has 0 heterocycles. The van der Waals surface area contributed by atoms with Crippen LogP contribution in [0.15, 0.2) is 11.6 Å². The van der Waals surface area contributed by atoms with Gasteiger partial charge in [0.2, 0.25) is 0 Å². The summed E-state index contributed by atoms with van der Waals surface area (Å²) in [6.45, 7) is 2.34. The van der Waals surface area contributed by atoms with Gasteiger partial charge < -0.3 is 4.74 Å². The van der Waals surface area contributed by atoms with Crippen molar-refractivity contribution >= 4 is 0 Å². The van der Waals surface area contributed by atoms with E-state index in [0.29, 0.717) is 0 Å². The van der Waals surface area contributed by atoms with Crippen molar-refractivity contribution in [1.29, 1.82) is 0 Å². The lowest BCUT2D eigenvalue weighted by atomic mass is 9.71. The van der Waals surface area contributed by atoms with Crippen molar-refractivity contribution in [2.24, 2.45) is 11.8 Å². The zero-order chi connectivity index (χ0) is 14.4. The lowest BCUT2D eigenvalue weighted by Crippen LogP contribution is -2.57. The monoisotopic (exact) mass is 280 g/mol. The fourth-order valence-electron chi connectivity index (χ4n) is 4.18. The molecule has 0 radical (unpaired) electrons. The second kappa shape index (κ2) is 7.58. The molecule has 3 unspecified atom stereocenters. The molecule has 20 heavy (non-hydrogen) atoms. The van der Waals surface area contributed by atoms with E-state index in [1.165, 1.54) is 56.9 Å². The quantitative estimate of drug-likeness (QED) is 0.469. The van der Waals surface area contributed by atoms with E-state index >= 15 is 0 Å². The summed E-state index contributed by atoms with van der Waals surface area (Å²) in [5.41, 5.74) is 4.50. The Labute approximate surface area is 124 Å². The highest BCUT2D eigenvalue weighted by atomic mass is 16.5. The third-order valence-electron chi connectivity index (χ3n) is 5.29. The second-order valence-corrected chi connectivity index (χ2v) is 6.80. The minimum atomic E-state index is -0.0998. The topological polar surface area (TPSA) is 47.3 Å². The smallest absolute Gasteiger partial charge is 0.0884 e. The largest absolute Gasteiger partial charge is 0.376 e. The fourth-order valence-corrected chi connectivity index (χ4v) is 4.18. The molecule has 116 valence electrons. The second-order valence-electron chi connectivity index (χ2n) is 6.80. The Bertz CT molecular complexity index is 329. The molecule has 0 aromatic carbocycles. The maximum Gasteiger partial charge on any atom is 0.0884 e. The minimum Gasteiger partial charge on any atom is -0.376 e. The first-order chi connectivity index (χ1) is 9.72. The molecule has 0 aliphatic heterocycles. The molecule has 0 aromatic heterocycles. The molecule has 0 bridgehead atoms. The van der Waals surface area contributed by atoms with Crippen LogP contribution in [-0.2, 0) is 4.74 Å². The Morgan fingerprint density at radius 3 is 2.80 bits per heavy atom. The van der Waals surface area contributed by atoms with Crippen molar-refractivity contribution in [2.45, 2.75) is 82.8 Å². The zero-order valence-electron chi connectivity index (χ0n) is 13.3. The third kappa shape index (κ3) is 3.63. The number of ether oxygens (including phenoxy) is 1. The predicted molar refractivity (Wildman–Crippen MR) is 84.3 cm³/mol. The normalized spacial score (nSPS) is 34.0. The fraction of sp³-hybridized carbons (Fsp3) is 0.882. The molecular formula is C17H32N2O. The molecule has 1 saturated carbocycles. The van der Waals surface area contributed by atoms with E-state index in [9.17, 15) is 0 Å². The summed E-state index contributed by atoms with van der Waals surface area (Å²) in [6, 6.07) is 0.188. The molecule has 3 heteroatoms. The first kappa shape index (κ1) is 16.0. The van der Waals surface area contributed by atoms with Crippen LogP contribution < -0.4 is 11.3 Å². The van der Waals surface area contributed by atoms with E-state index < -0.39 is 0 Å². The lowest BCUT2D eigenvalue weighted by molar-refractivity contribution is -0.0715. The van der Waals surface area contributed by atoms with Gasteiger partial charge in [-0.25, -0.2) is 0 Å². The number of hydrogen-bond donors (Lipinski definition) is 2. The average molecular weight is 280 g/mol. The highest BCUT2D eigenvalue weighted by molar-refractivity contribution is 5.19. The Kier molecular flexibility index (Phi) is 6.06. The standard InChI is InChI=1S/C17H32N2O/c1-14-9-8-12-17(13-14,20-2)16(19-18)15-10-6-4-3-5-7-11-15/h10,14,16,19H,3-9,11-13,18H2,1-2H3. The average Bonchev–Trinajstić information content (AvgIpc) is 2.41. The SMILES string of the molecule is COC1(C(NN)C2=CCCCCCC2)CCCC(C)C1. The predicted octanol–water partition coefficient (Wildman–Crippen LogP) is 3.69. The molecule has 3 N–H and O–H groups in total. The van der Waals surface area contributed by atoms with E-state index in [1.807, 2.05) is 7.11 Å². The molecule has 0 spiro atoms. The number of hydrazine groups is 1. The summed E-state index contributed by atoms with van der Waals surface area (Å²) in [4.78, 5) is 0. The maximum absolute atomic E-state index is 6.04. The summed E-state index contributed by atoms with van der Waals surface area (Å²) < 4.78 is 6.04. The van der Waals surface area contributed by atoms with Crippen molar-refractivity contribution in [3.8, 4) is 0 Å². The van der Waals surface area contributed by atoms with Crippen molar-refractivity contribution < 1.29 is 4.74 Å². The summed E-state index contributed by atoms with van der Waals surface area (Å²) in [5.74, 6) is 6.69. The van der Waals surface area contributed by atoms with Crippen molar-refractivity contribution in [3.05, 3.63) is 11.6 Å². The molecule has 2 rings (SSSR count). The van der Waals surface area contributed by atoms with Gasteiger partial charge in [-0.15, -0.1) is 0 Å². The molecule has 1 fully saturated rings. The van der Waals surface area contributed by atoms with Crippen molar-refractivity contribution in [2.75, 3.05) is 7.11 Å². The Morgan fingerprint density at radius 1 is 1.30 bits per heavy atom. The first-order valence-electron chi connectivity index (χ1n) is 8.42. The molecule has 3 atom stereocenters. The number of methoxy groups -OCH3 is 1. The molecule has 2 aliphatic rings. The van der Waals surface area contributed by atoms with Crippen LogP contribution in [0.1, 0.15) is 71.1 Å². The highest BCUT2D eigenvalue weighted by Crippen LogP contribution is 2.40. The van der Waals surface area contributed by atoms with Gasteiger partial charge in [-0.2, -0.15) is 0 Å². The first-order valence-corrected chi connectivity index (χ1v) is 8.42. The summed E-state index contributed by atoms with van der Waals surface area (Å²) in [6.07, 6.45) is 15.0. The van der Waals surface area contributed by atoms with Crippen molar-refractivity contribution in [1.82, 2.24) is 5.43 Å². The molecule has 0 saturated heterocycles. The Morgan fingerprint density at radius 2 is 2.10 bits per heavy atom. The van der Waals surface area contributed by atoms with E-state index in [4.69, 9.17) is 10.6 Å². The van der Waals surface area contributed by atoms with E-state index in [2.05, 4.69) is 18.4 Å². The van der Waals surface area contributed by atoms with Gasteiger partial charge in [-0.1, -0.05) is 44.3 Å². The minimum absolute atomic E-state index is 0.0998. The van der Waals surface area contributed by atoms with Gasteiger partial charge >= 0.3 is 0 Å². The van der Waals surface area contributed by atoms with E-state index in [1.54, 1.807) is 0 Å². The highest BCUT2D eigenvalue weighted by Gasteiger charge is 2.43. The molecule has 0 aromatic rings. The third-order valence-corrected chi connectivity index (χ3v) is 5.29. The van der Waals surface area contributed by atoms with Gasteiger partial charge in [0.05, 0.1) is 11.6 Å². The van der Waals surface area contributed by atoms with Crippen LogP contribution in [0, 0.1) is 5.92 Å². The lowest BCUT2D eigenvalue weighted by Gasteiger charge is -2.45. The molecular weight excluding hydrogens is 248 g/mol. The van der Waals surface area contributed by atoms with Crippen LogP contribution in [0.25, 0.3) is 0 Å². The van der Waals surface area contributed by atoms with Gasteiger partial charge in [0, 0.05) is 7.11 Å². The number of allylic oxidation sites excluding steroid dienone is 1. The van der Waals surface area contributed by atoms with Crippen LogP contribution in [0.2, 0.25) is 0 Å². The number of rotatable bonds is 4. The van der Waals surface area contributed by atoms with Gasteiger partial charge in [-0.05, 0) is 44.4 Å². The van der Waals surface area contributed by atoms with Crippen LogP contribution in [-0.4, -0.2) is 18.8 Å². The number of nitrogens with one attached hydrogen (secondary N) is 1. The molecule has 0 amide bonds. The summed E-state index contributed by atoms with van der Waals surface area (Å²) in [5, 5.41) is 0. The summed E-state index contributed by atoms with van der Waals surface area (Å²) >= 11 is 0. The maximum atomic E-state index is 6.04. The van der Waals surface area contributed by atoms with E-state index in [-0.39, 0.29) is 11.6 Å². The van der Waals surface area contributed by atoms with Crippen LogP contribution in [0.5, 0.6) is 0 Å². The van der Waals surface area contributed by atoms with Gasteiger partial charge in [0.1, 0.15) is 0 Å². The molecule has 2 aliphatic carbocycles. The van der Waals surface area contributed by atoms with E-state index in [0.717, 1.165) is 18.8 Å². The number of nitrogens with two attached hydrogens (primary N) is 1. The van der Waals surface area contributed by atoms with Gasteiger partial charge in [0.25, 0.3) is 0 Å². The summed E-state index contributed by atoms with van der Waals surface area (Å²) in [7, 11) is 1.87. The van der Waals surface area contributed by atoms with Crippen molar-refractivity contribution in [3.63, 3.8) is 0 Å². The Hall–Kier alpha value is -0.380. The number of hydrogen-bond acceptors (Lipinski definition) is 3. The molecule has 3 nitrogen and oxygen atoms in total. The van der Waals surface area contributed by atoms with Crippen LogP contribution >= 0.6 is 0 Å². The Balaban J connectivity index is 2.19. The van der Waals surface area contributed by atoms with Crippen LogP contribution in [0.4, 0.5) is 0 Å². The van der Waals surface area contributed by atoms with Gasteiger partial charge in [-0.3, -0.25) is 11.3 Å². The van der Waals surface area contributed by atoms with Crippen LogP contribution in [0.3, 0.4) is 0 Å². The van der Waals surface area contributed by atoms with Gasteiger partial charge in [0.15, 0.2) is 0 Å².